The minimum Gasteiger partial charge on any atom is -0.442 e. The van der Waals surface area contributed by atoms with E-state index in [1.165, 1.54) is 4.90 Å². The number of allylic oxidation sites excluding steroid dienone is 1. The summed E-state index contributed by atoms with van der Waals surface area (Å²) in [6, 6.07) is 0.336. The molecule has 0 radical (unpaired) electrons. The standard InChI is InChI=1S/C35H54N6O9S/c1-35(32(46)50-41-29(44)15-16-30(41)45)18-9-8-11-24(17-19-35)49-34(48)40(3)22-21-39(2)28(43)14-5-4-10-20-36-27(42)13-7-6-12-26-31-25(23-51-26)37-33(47)38-31/h8,11,24-26,31H,4-7,9-10,12-23H2,1-3H3,(H,36,42)(H2,37,38,47)/b11-8+. The van der Waals surface area contributed by atoms with Crippen molar-refractivity contribution in [3.05, 3.63) is 12.2 Å². The van der Waals surface area contributed by atoms with Gasteiger partial charge in [-0.25, -0.2) is 14.4 Å². The van der Waals surface area contributed by atoms with Crippen LogP contribution in [-0.4, -0.2) is 120 Å². The van der Waals surface area contributed by atoms with Crippen LogP contribution in [0.3, 0.4) is 0 Å². The Morgan fingerprint density at radius 3 is 2.45 bits per heavy atom. The Morgan fingerprint density at radius 1 is 0.961 bits per heavy atom. The third-order valence-electron chi connectivity index (χ3n) is 10.1. The second kappa shape index (κ2) is 19.1. The minimum atomic E-state index is -0.961. The first-order chi connectivity index (χ1) is 24.4. The highest BCUT2D eigenvalue weighted by atomic mass is 32.2. The van der Waals surface area contributed by atoms with Gasteiger partial charge in [0.15, 0.2) is 0 Å². The van der Waals surface area contributed by atoms with E-state index in [4.69, 9.17) is 9.57 Å². The second-order valence-electron chi connectivity index (χ2n) is 14.2. The van der Waals surface area contributed by atoms with Crippen molar-refractivity contribution in [2.24, 2.45) is 5.41 Å². The molecule has 51 heavy (non-hydrogen) atoms. The van der Waals surface area contributed by atoms with Crippen molar-refractivity contribution >= 4 is 53.5 Å². The van der Waals surface area contributed by atoms with Crippen LogP contribution in [0.4, 0.5) is 9.59 Å². The fourth-order valence-corrected chi connectivity index (χ4v) is 8.12. The van der Waals surface area contributed by atoms with Gasteiger partial charge in [-0.3, -0.25) is 19.2 Å². The van der Waals surface area contributed by atoms with Crippen LogP contribution in [0.2, 0.25) is 0 Å². The number of nitrogens with one attached hydrogen (secondary N) is 3. The highest BCUT2D eigenvalue weighted by Crippen LogP contribution is 2.35. The van der Waals surface area contributed by atoms with Crippen LogP contribution in [-0.2, 0) is 33.5 Å². The molecule has 3 heterocycles. The molecule has 7 amide bonds. The summed E-state index contributed by atoms with van der Waals surface area (Å²) in [6.45, 7) is 2.92. The van der Waals surface area contributed by atoms with Crippen LogP contribution in [0.25, 0.3) is 0 Å². The van der Waals surface area contributed by atoms with E-state index in [-0.39, 0.29) is 49.3 Å². The predicted molar refractivity (Wildman–Crippen MR) is 189 cm³/mol. The van der Waals surface area contributed by atoms with Crippen LogP contribution in [0.1, 0.15) is 96.8 Å². The average Bonchev–Trinajstić information content (AvgIpc) is 3.76. The number of rotatable bonds is 17. The molecule has 0 aromatic carbocycles. The number of thioether (sulfide) groups is 1. The number of hydroxylamine groups is 2. The number of hydrogen-bond acceptors (Lipinski definition) is 10. The molecular weight excluding hydrogens is 680 g/mol. The first-order valence-corrected chi connectivity index (χ1v) is 19.3. The van der Waals surface area contributed by atoms with Crippen molar-refractivity contribution in [3.63, 3.8) is 0 Å². The highest BCUT2D eigenvalue weighted by Gasteiger charge is 2.43. The zero-order valence-corrected chi connectivity index (χ0v) is 30.9. The number of fused-ring (bicyclic) bond motifs is 1. The van der Waals surface area contributed by atoms with Gasteiger partial charge >= 0.3 is 18.1 Å². The lowest BCUT2D eigenvalue weighted by Crippen LogP contribution is -2.40. The zero-order chi connectivity index (χ0) is 37.0. The molecule has 0 aromatic rings. The molecule has 5 unspecified atom stereocenters. The molecule has 4 aliphatic rings. The van der Waals surface area contributed by atoms with E-state index in [0.29, 0.717) is 68.3 Å². The summed E-state index contributed by atoms with van der Waals surface area (Å²) in [4.78, 5) is 94.1. The number of likely N-dealkylation sites (N-methyl/N-ethyl adjacent to an activating group) is 2. The predicted octanol–water partition coefficient (Wildman–Crippen LogP) is 3.03. The third-order valence-corrected chi connectivity index (χ3v) is 11.6. The van der Waals surface area contributed by atoms with E-state index in [1.54, 1.807) is 32.0 Å². The number of carbonyl (C=O) groups excluding carboxylic acids is 7. The molecule has 0 bridgehead atoms. The van der Waals surface area contributed by atoms with E-state index in [1.807, 2.05) is 17.8 Å². The van der Waals surface area contributed by atoms with Gasteiger partial charge in [-0.05, 0) is 64.4 Å². The molecule has 5 atom stereocenters. The maximum Gasteiger partial charge on any atom is 0.410 e. The lowest BCUT2D eigenvalue weighted by molar-refractivity contribution is -0.205. The second-order valence-corrected chi connectivity index (χ2v) is 15.5. The third kappa shape index (κ3) is 11.9. The van der Waals surface area contributed by atoms with Crippen LogP contribution < -0.4 is 16.0 Å². The molecule has 0 saturated carbocycles. The molecule has 284 valence electrons. The molecule has 16 heteroatoms. The molecule has 0 aromatic heterocycles. The first kappa shape index (κ1) is 40.0. The van der Waals surface area contributed by atoms with Crippen molar-refractivity contribution in [1.82, 2.24) is 30.8 Å². The van der Waals surface area contributed by atoms with Crippen molar-refractivity contribution < 1.29 is 43.1 Å². The van der Waals surface area contributed by atoms with Gasteiger partial charge in [-0.2, -0.15) is 11.8 Å². The monoisotopic (exact) mass is 734 g/mol. The molecule has 15 nitrogen and oxygen atoms in total. The van der Waals surface area contributed by atoms with Crippen molar-refractivity contribution in [1.29, 1.82) is 0 Å². The van der Waals surface area contributed by atoms with Crippen molar-refractivity contribution in [3.8, 4) is 0 Å². The number of unbranched alkanes of at least 4 members (excludes halogenated alkanes) is 3. The smallest absolute Gasteiger partial charge is 0.410 e. The Hall–Kier alpha value is -3.82. The van der Waals surface area contributed by atoms with Crippen LogP contribution in [0.15, 0.2) is 12.2 Å². The minimum absolute atomic E-state index is 0.0213. The molecule has 4 rings (SSSR count). The van der Waals surface area contributed by atoms with Crippen LogP contribution in [0, 0.1) is 5.41 Å². The Kier molecular flexibility index (Phi) is 15.0. The normalized spacial score (nSPS) is 26.3. The van der Waals surface area contributed by atoms with Gasteiger partial charge in [0.2, 0.25) is 11.8 Å². The number of urea groups is 1. The Morgan fingerprint density at radius 2 is 1.69 bits per heavy atom. The van der Waals surface area contributed by atoms with E-state index < -0.39 is 35.4 Å². The molecule has 3 aliphatic heterocycles. The number of carbonyl (C=O) groups is 7. The molecule has 0 spiro atoms. The lowest BCUT2D eigenvalue weighted by Gasteiger charge is -2.31. The summed E-state index contributed by atoms with van der Waals surface area (Å²) in [5.41, 5.74) is -0.961. The van der Waals surface area contributed by atoms with E-state index in [0.717, 1.165) is 37.9 Å². The largest absolute Gasteiger partial charge is 0.442 e. The van der Waals surface area contributed by atoms with Gasteiger partial charge in [0, 0.05) is 70.4 Å². The van der Waals surface area contributed by atoms with E-state index >= 15 is 0 Å². The summed E-state index contributed by atoms with van der Waals surface area (Å²) in [5.74, 6) is -0.755. The summed E-state index contributed by atoms with van der Waals surface area (Å²) in [6.07, 6.45) is 10.2. The fraction of sp³-hybridized carbons (Fsp3) is 0.743. The number of ether oxygens (including phenoxy) is 1. The first-order valence-electron chi connectivity index (χ1n) is 18.2. The number of nitrogens with zero attached hydrogens (tertiary/aromatic N) is 3. The molecular formula is C35H54N6O9S. The highest BCUT2D eigenvalue weighted by molar-refractivity contribution is 8.00. The molecule has 3 N–H and O–H groups in total. The van der Waals surface area contributed by atoms with Gasteiger partial charge in [0.1, 0.15) is 6.10 Å². The number of imide groups is 1. The SMILES string of the molecule is CN(CCN(C)C(=O)OC1/C=C/CCC(C)(C(=O)ON2C(=O)CCC2=O)CC1)C(=O)CCCCCNC(=O)CCCCC1SCC2NC(=O)NC21. The van der Waals surface area contributed by atoms with Gasteiger partial charge in [0.05, 0.1) is 17.5 Å². The van der Waals surface area contributed by atoms with E-state index in [9.17, 15) is 33.6 Å². The quantitative estimate of drug-likeness (QED) is 0.0869. The lowest BCUT2D eigenvalue weighted by atomic mass is 9.79. The fourth-order valence-electron chi connectivity index (χ4n) is 6.58. The summed E-state index contributed by atoms with van der Waals surface area (Å²) in [5, 5.41) is 9.87. The van der Waals surface area contributed by atoms with Crippen LogP contribution >= 0.6 is 11.8 Å². The topological polar surface area (TPSA) is 184 Å². The molecule has 3 fully saturated rings. The van der Waals surface area contributed by atoms with E-state index in [2.05, 4.69) is 16.0 Å². The summed E-state index contributed by atoms with van der Waals surface area (Å²) >= 11 is 1.88. The Labute approximate surface area is 304 Å². The molecule has 3 saturated heterocycles. The van der Waals surface area contributed by atoms with Gasteiger partial charge < -0.3 is 35.3 Å². The van der Waals surface area contributed by atoms with Crippen molar-refractivity contribution in [2.75, 3.05) is 39.5 Å². The summed E-state index contributed by atoms with van der Waals surface area (Å²) < 4.78 is 5.69. The average molecular weight is 735 g/mol. The Balaban J connectivity index is 1.03. The van der Waals surface area contributed by atoms with Gasteiger partial charge in [-0.1, -0.05) is 18.9 Å². The van der Waals surface area contributed by atoms with Crippen LogP contribution in [0.5, 0.6) is 0 Å². The van der Waals surface area contributed by atoms with Gasteiger partial charge in [0.25, 0.3) is 11.8 Å². The number of amides is 7. The van der Waals surface area contributed by atoms with Crippen molar-refractivity contribution in [2.45, 2.75) is 120 Å². The summed E-state index contributed by atoms with van der Waals surface area (Å²) in [7, 11) is 3.30. The maximum atomic E-state index is 12.9. The maximum absolute atomic E-state index is 12.9. The Bertz CT molecular complexity index is 1310. The zero-order valence-electron chi connectivity index (χ0n) is 30.1. The number of hydrogen-bond donors (Lipinski definition) is 3. The van der Waals surface area contributed by atoms with Gasteiger partial charge in [-0.15, -0.1) is 5.06 Å². The molecule has 1 aliphatic carbocycles.